The Kier molecular flexibility index (Phi) is 6.47. The lowest BCUT2D eigenvalue weighted by atomic mass is 10.0. The summed E-state index contributed by atoms with van der Waals surface area (Å²) < 4.78 is 6.53. The summed E-state index contributed by atoms with van der Waals surface area (Å²) in [5.74, 6) is 0. The van der Waals surface area contributed by atoms with Gasteiger partial charge in [-0.2, -0.15) is 0 Å². The van der Waals surface area contributed by atoms with Crippen LogP contribution in [0, 0.1) is 6.92 Å². The first kappa shape index (κ1) is 27.9. The summed E-state index contributed by atoms with van der Waals surface area (Å²) in [6.45, 7) is 2.21. The van der Waals surface area contributed by atoms with E-state index in [-0.39, 0.29) is 5.56 Å². The number of para-hydroxylation sites is 2. The minimum absolute atomic E-state index is 0.0388. The molecule has 0 atom stereocenters. The highest BCUT2D eigenvalue weighted by molar-refractivity contribution is 6.07. The third-order valence-electron chi connectivity index (χ3n) is 9.45. The minimum Gasteiger partial charge on any atom is -0.310 e. The lowest BCUT2D eigenvalue weighted by Crippen LogP contribution is -2.14. The highest BCUT2D eigenvalue weighted by Gasteiger charge is 2.15. The van der Waals surface area contributed by atoms with Crippen molar-refractivity contribution in [1.29, 1.82) is 0 Å². The van der Waals surface area contributed by atoms with Crippen LogP contribution < -0.4 is 5.56 Å². The Labute approximate surface area is 277 Å². The molecular weight excluding hydrogens is 587 g/mol. The van der Waals surface area contributed by atoms with Crippen LogP contribution in [0.5, 0.6) is 0 Å². The van der Waals surface area contributed by atoms with Gasteiger partial charge in [-0.1, -0.05) is 97.1 Å². The molecule has 9 aromatic rings. The number of aromatic nitrogens is 3. The molecule has 0 fully saturated rings. The maximum absolute atomic E-state index is 14.5. The Balaban J connectivity index is 1.64. The number of aryl methyl sites for hydroxylation is 1. The van der Waals surface area contributed by atoms with Gasteiger partial charge in [-0.25, -0.2) is 0 Å². The molecule has 7 aromatic carbocycles. The van der Waals surface area contributed by atoms with Crippen LogP contribution in [0.4, 0.5) is 0 Å². The Morgan fingerprint density at radius 3 is 1.58 bits per heavy atom. The smallest absolute Gasteiger partial charge is 0.263 e. The van der Waals surface area contributed by atoms with Crippen molar-refractivity contribution in [1.82, 2.24) is 13.5 Å². The van der Waals surface area contributed by atoms with E-state index in [9.17, 15) is 4.79 Å². The van der Waals surface area contributed by atoms with Gasteiger partial charge >= 0.3 is 0 Å². The third-order valence-corrected chi connectivity index (χ3v) is 9.45. The van der Waals surface area contributed by atoms with Gasteiger partial charge in [0.1, 0.15) is 0 Å². The molecule has 0 amide bonds. The van der Waals surface area contributed by atoms with Crippen LogP contribution in [0.3, 0.4) is 0 Å². The van der Waals surface area contributed by atoms with Gasteiger partial charge in [0.15, 0.2) is 0 Å². The molecule has 48 heavy (non-hydrogen) atoms. The third kappa shape index (κ3) is 4.42. The maximum Gasteiger partial charge on any atom is 0.263 e. The topological polar surface area (TPSA) is 31.3 Å². The van der Waals surface area contributed by atoms with Crippen molar-refractivity contribution in [2.24, 2.45) is 0 Å². The van der Waals surface area contributed by atoms with Crippen molar-refractivity contribution in [3.8, 4) is 22.5 Å². The molecule has 0 aliphatic carbocycles. The van der Waals surface area contributed by atoms with E-state index < -0.39 is 0 Å². The van der Waals surface area contributed by atoms with E-state index in [0.717, 1.165) is 71.9 Å². The Bertz CT molecular complexity index is 2790. The van der Waals surface area contributed by atoms with E-state index in [0.29, 0.717) is 5.39 Å². The summed E-state index contributed by atoms with van der Waals surface area (Å²) in [6, 6.07) is 59.0. The normalized spacial score (nSPS) is 11.5. The van der Waals surface area contributed by atoms with Gasteiger partial charge in [0.25, 0.3) is 5.56 Å². The lowest BCUT2D eigenvalue weighted by molar-refractivity contribution is 1.11. The van der Waals surface area contributed by atoms with Gasteiger partial charge < -0.3 is 9.13 Å². The van der Waals surface area contributed by atoms with Gasteiger partial charge in [0.05, 0.1) is 22.1 Å². The van der Waals surface area contributed by atoms with E-state index in [4.69, 9.17) is 0 Å². The lowest BCUT2D eigenvalue weighted by Gasteiger charge is -2.20. The highest BCUT2D eigenvalue weighted by Crippen LogP contribution is 2.33. The zero-order valence-corrected chi connectivity index (χ0v) is 26.4. The second-order valence-corrected chi connectivity index (χ2v) is 12.3. The number of nitrogens with zero attached hydrogens (tertiary/aromatic N) is 3. The molecular formula is C44H31N3O. The summed E-state index contributed by atoms with van der Waals surface area (Å²) in [7, 11) is 0. The quantitative estimate of drug-likeness (QED) is 0.182. The van der Waals surface area contributed by atoms with Crippen LogP contribution in [0.2, 0.25) is 0 Å². The molecule has 4 heteroatoms. The summed E-state index contributed by atoms with van der Waals surface area (Å²) in [5.41, 5.74) is 11.1. The first-order valence-electron chi connectivity index (χ1n) is 16.2. The Hall–Kier alpha value is -6.39. The average Bonchev–Trinajstić information content (AvgIpc) is 3.14. The molecule has 0 N–H and O–H groups in total. The van der Waals surface area contributed by atoms with Gasteiger partial charge in [-0.05, 0) is 102 Å². The molecule has 0 radical (unpaired) electrons. The second kappa shape index (κ2) is 11.1. The fourth-order valence-electron chi connectivity index (χ4n) is 7.19. The largest absolute Gasteiger partial charge is 0.310 e. The summed E-state index contributed by atoms with van der Waals surface area (Å²) in [6.07, 6.45) is 0. The predicted octanol–water partition coefficient (Wildman–Crippen LogP) is 10.6. The van der Waals surface area contributed by atoms with Crippen molar-refractivity contribution in [3.63, 3.8) is 0 Å². The van der Waals surface area contributed by atoms with Gasteiger partial charge in [-0.3, -0.25) is 9.20 Å². The van der Waals surface area contributed by atoms with Crippen molar-refractivity contribution >= 4 is 49.3 Å². The van der Waals surface area contributed by atoms with Gasteiger partial charge in [0.2, 0.25) is 0 Å². The molecule has 2 heterocycles. The number of benzene rings is 7. The van der Waals surface area contributed by atoms with Crippen molar-refractivity contribution in [3.05, 3.63) is 186 Å². The number of rotatable bonds is 3. The predicted molar refractivity (Wildman–Crippen MR) is 200 cm³/mol. The molecule has 0 saturated carbocycles. The SMILES string of the molecule is Cc1c2cc(-c3ccccc3)cc1n(-c1ccccc1)c1ccc3c4ccccc4c(=O)n(c4cccc(c4)n2-c2ccccc2)c3c1. The Morgan fingerprint density at radius 1 is 0.396 bits per heavy atom. The fourth-order valence-corrected chi connectivity index (χ4v) is 7.19. The first-order chi connectivity index (χ1) is 23.7. The van der Waals surface area contributed by atoms with E-state index in [1.54, 1.807) is 0 Å². The summed E-state index contributed by atoms with van der Waals surface area (Å²) >= 11 is 0. The van der Waals surface area contributed by atoms with Crippen LogP contribution in [-0.4, -0.2) is 13.5 Å². The van der Waals surface area contributed by atoms with Crippen LogP contribution >= 0.6 is 0 Å². The van der Waals surface area contributed by atoms with Crippen LogP contribution in [0.1, 0.15) is 5.56 Å². The van der Waals surface area contributed by atoms with E-state index in [2.05, 4.69) is 150 Å². The summed E-state index contributed by atoms with van der Waals surface area (Å²) in [5, 5.41) is 2.67. The molecule has 228 valence electrons. The zero-order chi connectivity index (χ0) is 32.2. The first-order valence-corrected chi connectivity index (χ1v) is 16.2. The van der Waals surface area contributed by atoms with Crippen molar-refractivity contribution in [2.45, 2.75) is 6.92 Å². The molecule has 2 aromatic heterocycles. The van der Waals surface area contributed by atoms with Crippen LogP contribution in [-0.2, 0) is 0 Å². The average molecular weight is 618 g/mol. The number of hydrogen-bond acceptors (Lipinski definition) is 1. The van der Waals surface area contributed by atoms with Gasteiger partial charge in [-0.15, -0.1) is 0 Å². The molecule has 0 spiro atoms. The zero-order valence-electron chi connectivity index (χ0n) is 26.4. The summed E-state index contributed by atoms with van der Waals surface area (Å²) in [4.78, 5) is 14.5. The number of hydrogen-bond donors (Lipinski definition) is 0. The van der Waals surface area contributed by atoms with E-state index in [1.165, 1.54) is 0 Å². The monoisotopic (exact) mass is 617 g/mol. The standard InChI is InChI=1S/C44H31N3O/c1-30-41-26-32(31-14-5-2-6-15-31)27-42(30)46(34-18-9-4-10-19-34)37-24-25-39-38-22-11-12-23-40(38)44(48)47(43(39)29-37)36-21-13-20-35(28-36)45(41)33-16-7-3-8-17-33/h2-29H,1H3. The highest BCUT2D eigenvalue weighted by atomic mass is 16.1. The van der Waals surface area contributed by atoms with Crippen molar-refractivity contribution < 1.29 is 0 Å². The molecule has 9 rings (SSSR count). The number of pyridine rings is 1. The molecule has 4 nitrogen and oxygen atoms in total. The molecule has 0 saturated heterocycles. The maximum atomic E-state index is 14.5. The van der Waals surface area contributed by atoms with E-state index in [1.807, 2.05) is 40.8 Å². The molecule has 6 bridgehead atoms. The van der Waals surface area contributed by atoms with Crippen LogP contribution in [0.15, 0.2) is 175 Å². The fraction of sp³-hybridized carbons (Fsp3) is 0.0227. The number of fused-ring (bicyclic) bond motifs is 8. The molecule has 0 aliphatic heterocycles. The van der Waals surface area contributed by atoms with Gasteiger partial charge in [0, 0.05) is 33.2 Å². The van der Waals surface area contributed by atoms with Crippen molar-refractivity contribution in [2.75, 3.05) is 0 Å². The Morgan fingerprint density at radius 2 is 0.938 bits per heavy atom. The molecule has 0 unspecified atom stereocenters. The van der Waals surface area contributed by atoms with Crippen LogP contribution in [0.25, 0.3) is 71.8 Å². The molecule has 0 aliphatic rings. The van der Waals surface area contributed by atoms with E-state index >= 15 is 0 Å². The minimum atomic E-state index is -0.0388. The second-order valence-electron chi connectivity index (χ2n) is 12.3.